The molecule has 0 aliphatic heterocycles. The molecule has 0 N–H and O–H groups in total. The van der Waals surface area contributed by atoms with Crippen molar-refractivity contribution in [3.8, 4) is 0 Å². The fraction of sp³-hybridized carbons (Fsp3) is 1.00. The fourth-order valence-corrected chi connectivity index (χ4v) is 0.760. The normalized spacial score (nSPS) is 12.0. The highest BCUT2D eigenvalue weighted by Crippen LogP contribution is 2.15. The Balaban J connectivity index is 3.15. The highest BCUT2D eigenvalue weighted by atomic mass is 32.2. The Bertz CT molecular complexity index is 48.1. The summed E-state index contributed by atoms with van der Waals surface area (Å²) in [6.07, 6.45) is 1.66. The molecule has 0 aliphatic carbocycles. The lowest BCUT2D eigenvalue weighted by atomic mass is 10.5. The Labute approximate surface area is 46.3 Å². The zero-order valence-electron chi connectivity index (χ0n) is 4.37. The van der Waals surface area contributed by atoms with E-state index in [2.05, 4.69) is 0 Å². The first-order valence-corrected chi connectivity index (χ1v) is 3.32. The van der Waals surface area contributed by atoms with Crippen molar-refractivity contribution in [3.63, 3.8) is 0 Å². The maximum absolute atomic E-state index is 11.7. The number of halogens is 2. The lowest BCUT2D eigenvalue weighted by Gasteiger charge is -2.04. The third kappa shape index (κ3) is 6.21. The van der Waals surface area contributed by atoms with Gasteiger partial charge < -0.3 is 0 Å². The van der Waals surface area contributed by atoms with E-state index in [0.29, 0.717) is 0 Å². The second kappa shape index (κ2) is 2.50. The highest BCUT2D eigenvalue weighted by Gasteiger charge is 2.18. The second-order valence-electron chi connectivity index (χ2n) is 1.50. The van der Waals surface area contributed by atoms with Crippen LogP contribution in [-0.2, 0) is 0 Å². The van der Waals surface area contributed by atoms with E-state index in [1.54, 1.807) is 6.26 Å². The minimum atomic E-state index is -2.49. The molecular weight excluding hydrogens is 118 g/mol. The van der Waals surface area contributed by atoms with Gasteiger partial charge in [0.25, 0.3) is 5.92 Å². The number of alkyl halides is 2. The zero-order chi connectivity index (χ0) is 5.91. The monoisotopic (exact) mass is 126 g/mol. The molecule has 0 aliphatic rings. The first kappa shape index (κ1) is 7.21. The molecule has 0 nitrogen and oxygen atoms in total. The van der Waals surface area contributed by atoms with Crippen LogP contribution in [0.1, 0.15) is 6.92 Å². The van der Waals surface area contributed by atoms with Crippen LogP contribution in [0, 0.1) is 0 Å². The van der Waals surface area contributed by atoms with Crippen molar-refractivity contribution in [1.82, 2.24) is 0 Å². The van der Waals surface area contributed by atoms with Gasteiger partial charge in [-0.2, -0.15) is 11.8 Å². The summed E-state index contributed by atoms with van der Waals surface area (Å²) in [5, 5.41) is 0. The second-order valence-corrected chi connectivity index (χ2v) is 2.37. The molecule has 0 aromatic heterocycles. The van der Waals surface area contributed by atoms with Crippen LogP contribution in [0.15, 0.2) is 0 Å². The van der Waals surface area contributed by atoms with Crippen molar-refractivity contribution in [2.24, 2.45) is 0 Å². The summed E-state index contributed by atoms with van der Waals surface area (Å²) in [6, 6.07) is 0. The van der Waals surface area contributed by atoms with E-state index < -0.39 is 5.92 Å². The molecule has 0 saturated heterocycles. The summed E-state index contributed by atoms with van der Waals surface area (Å²) < 4.78 is 23.4. The fourth-order valence-electron chi connectivity index (χ4n) is 0.253. The van der Waals surface area contributed by atoms with Crippen LogP contribution in [0.4, 0.5) is 8.78 Å². The molecule has 0 aromatic rings. The van der Waals surface area contributed by atoms with Crippen LogP contribution in [0.5, 0.6) is 0 Å². The smallest absolute Gasteiger partial charge is 0.206 e. The average Bonchev–Trinajstić information content (AvgIpc) is 1.30. The zero-order valence-corrected chi connectivity index (χ0v) is 5.19. The molecule has 0 spiro atoms. The molecule has 0 aromatic carbocycles. The quantitative estimate of drug-likeness (QED) is 0.545. The van der Waals surface area contributed by atoms with Gasteiger partial charge in [0.1, 0.15) is 0 Å². The summed E-state index contributed by atoms with van der Waals surface area (Å²) in [4.78, 5) is 0. The van der Waals surface area contributed by atoms with E-state index >= 15 is 0 Å². The largest absolute Gasteiger partial charge is 0.254 e. The topological polar surface area (TPSA) is 0 Å². The lowest BCUT2D eigenvalue weighted by Crippen LogP contribution is -2.12. The lowest BCUT2D eigenvalue weighted by molar-refractivity contribution is 0.0493. The predicted molar refractivity (Wildman–Crippen MR) is 29.0 cm³/mol. The van der Waals surface area contributed by atoms with Crippen LogP contribution >= 0.6 is 11.8 Å². The summed E-state index contributed by atoms with van der Waals surface area (Å²) in [6.45, 7) is 0.920. The Morgan fingerprint density at radius 3 is 2.00 bits per heavy atom. The van der Waals surface area contributed by atoms with Gasteiger partial charge in [0.05, 0.1) is 5.75 Å². The van der Waals surface area contributed by atoms with Gasteiger partial charge in [0.15, 0.2) is 0 Å². The highest BCUT2D eigenvalue weighted by molar-refractivity contribution is 7.98. The van der Waals surface area contributed by atoms with Gasteiger partial charge in [-0.3, -0.25) is 0 Å². The van der Waals surface area contributed by atoms with Crippen LogP contribution in [0.3, 0.4) is 0 Å². The molecule has 0 fully saturated rings. The number of hydrogen-bond donors (Lipinski definition) is 0. The average molecular weight is 126 g/mol. The van der Waals surface area contributed by atoms with E-state index in [0.717, 1.165) is 18.7 Å². The summed E-state index contributed by atoms with van der Waals surface area (Å²) in [7, 11) is 0. The summed E-state index contributed by atoms with van der Waals surface area (Å²) in [5.74, 6) is -2.56. The Morgan fingerprint density at radius 1 is 1.57 bits per heavy atom. The molecule has 0 bridgehead atoms. The van der Waals surface area contributed by atoms with Crippen LogP contribution < -0.4 is 0 Å². The first-order chi connectivity index (χ1) is 3.06. The number of hydrogen-bond acceptors (Lipinski definition) is 1. The van der Waals surface area contributed by atoms with Crippen molar-refractivity contribution in [2.45, 2.75) is 12.8 Å². The number of rotatable bonds is 2. The third-order valence-corrected chi connectivity index (χ3v) is 1.19. The van der Waals surface area contributed by atoms with Gasteiger partial charge in [-0.05, 0) is 6.26 Å². The van der Waals surface area contributed by atoms with Crippen molar-refractivity contribution < 1.29 is 8.78 Å². The maximum atomic E-state index is 11.7. The molecule has 0 rings (SSSR count). The van der Waals surface area contributed by atoms with Gasteiger partial charge in [-0.1, -0.05) is 0 Å². The maximum Gasteiger partial charge on any atom is 0.254 e. The van der Waals surface area contributed by atoms with E-state index in [1.165, 1.54) is 0 Å². The molecule has 0 radical (unpaired) electrons. The molecular formula is C4H8F2S. The Hall–Kier alpha value is 0.210. The summed E-state index contributed by atoms with van der Waals surface area (Å²) >= 11 is 1.16. The van der Waals surface area contributed by atoms with E-state index in [1.807, 2.05) is 0 Å². The van der Waals surface area contributed by atoms with E-state index in [4.69, 9.17) is 0 Å². The molecule has 0 heterocycles. The molecule has 0 atom stereocenters. The molecule has 7 heavy (non-hydrogen) atoms. The minimum Gasteiger partial charge on any atom is -0.206 e. The van der Waals surface area contributed by atoms with Gasteiger partial charge in [0.2, 0.25) is 0 Å². The first-order valence-electron chi connectivity index (χ1n) is 1.93. The van der Waals surface area contributed by atoms with Crippen LogP contribution in [0.25, 0.3) is 0 Å². The SMILES string of the molecule is CSCC(C)(F)F. The molecule has 44 valence electrons. The third-order valence-electron chi connectivity index (χ3n) is 0.398. The predicted octanol–water partition coefficient (Wildman–Crippen LogP) is 2.00. The molecule has 3 heteroatoms. The van der Waals surface area contributed by atoms with Crippen molar-refractivity contribution in [2.75, 3.05) is 12.0 Å². The molecule has 0 unspecified atom stereocenters. The van der Waals surface area contributed by atoms with E-state index in [-0.39, 0.29) is 5.75 Å². The van der Waals surface area contributed by atoms with E-state index in [9.17, 15) is 8.78 Å². The van der Waals surface area contributed by atoms with Gasteiger partial charge in [-0.15, -0.1) is 0 Å². The molecule has 0 amide bonds. The summed E-state index contributed by atoms with van der Waals surface area (Å²) in [5.41, 5.74) is 0. The van der Waals surface area contributed by atoms with Gasteiger partial charge in [0, 0.05) is 6.92 Å². The van der Waals surface area contributed by atoms with Gasteiger partial charge in [-0.25, -0.2) is 8.78 Å². The van der Waals surface area contributed by atoms with Crippen molar-refractivity contribution >= 4 is 11.8 Å². The van der Waals surface area contributed by atoms with Crippen molar-refractivity contribution in [3.05, 3.63) is 0 Å². The van der Waals surface area contributed by atoms with Gasteiger partial charge >= 0.3 is 0 Å². The minimum absolute atomic E-state index is 0.0764. The number of thioether (sulfide) groups is 1. The van der Waals surface area contributed by atoms with Crippen molar-refractivity contribution in [1.29, 1.82) is 0 Å². The Kier molecular flexibility index (Phi) is 2.58. The standard InChI is InChI=1S/C4H8F2S/c1-4(5,6)3-7-2/h3H2,1-2H3. The van der Waals surface area contributed by atoms with Crippen LogP contribution in [-0.4, -0.2) is 17.9 Å². The van der Waals surface area contributed by atoms with Crippen LogP contribution in [0.2, 0.25) is 0 Å². The molecule has 0 saturated carbocycles. The Morgan fingerprint density at radius 2 is 2.00 bits per heavy atom.